The second-order valence-corrected chi connectivity index (χ2v) is 4.82. The quantitative estimate of drug-likeness (QED) is 0.766. The van der Waals surface area contributed by atoms with E-state index in [9.17, 15) is 4.79 Å². The Bertz CT molecular complexity index is 443. The fraction of sp³-hybridized carbons (Fsp3) is 0. The molecule has 0 aromatic heterocycles. The molecule has 0 aliphatic rings. The van der Waals surface area contributed by atoms with Crippen molar-refractivity contribution in [2.45, 2.75) is 9.79 Å². The van der Waals surface area contributed by atoms with E-state index in [-0.39, 0.29) is 0 Å². The van der Waals surface area contributed by atoms with Gasteiger partial charge in [0, 0.05) is 9.79 Å². The molecule has 0 aliphatic carbocycles. The summed E-state index contributed by atoms with van der Waals surface area (Å²) in [6.07, 6.45) is -0.724. The Kier molecular flexibility index (Phi) is 4.99. The van der Waals surface area contributed by atoms with Crippen LogP contribution in [0.1, 0.15) is 0 Å². The maximum absolute atomic E-state index is 11.3. The molecule has 0 fully saturated rings. The highest BCUT2D eigenvalue weighted by molar-refractivity contribution is 7.96. The number of hydrogen-bond donors (Lipinski definition) is 0. The van der Waals surface area contributed by atoms with E-state index in [4.69, 9.17) is 8.37 Å². The Hall–Kier alpha value is -1.59. The molecule has 5 heteroatoms. The Morgan fingerprint density at radius 3 is 1.50 bits per heavy atom. The van der Waals surface area contributed by atoms with Crippen molar-refractivity contribution in [1.29, 1.82) is 0 Å². The standard InChI is InChI=1S/C13H10O3S2/c14-13(15-17-11-7-3-1-4-8-11)16-18-12-9-5-2-6-10-12/h1-10H. The molecule has 0 aliphatic heterocycles. The van der Waals surface area contributed by atoms with E-state index >= 15 is 0 Å². The molecule has 2 rings (SSSR count). The minimum Gasteiger partial charge on any atom is -0.354 e. The van der Waals surface area contributed by atoms with Crippen molar-refractivity contribution >= 4 is 30.2 Å². The molecule has 0 amide bonds. The SMILES string of the molecule is O=C(OSc1ccccc1)OSc1ccccc1. The van der Waals surface area contributed by atoms with Crippen LogP contribution in [0.15, 0.2) is 70.5 Å². The van der Waals surface area contributed by atoms with E-state index in [0.29, 0.717) is 0 Å². The molecule has 3 nitrogen and oxygen atoms in total. The third kappa shape index (κ3) is 4.35. The summed E-state index contributed by atoms with van der Waals surface area (Å²) in [4.78, 5) is 13.0. The maximum atomic E-state index is 11.3. The molecule has 0 radical (unpaired) electrons. The predicted molar refractivity (Wildman–Crippen MR) is 72.2 cm³/mol. The van der Waals surface area contributed by atoms with Crippen LogP contribution in [0.4, 0.5) is 4.79 Å². The van der Waals surface area contributed by atoms with Gasteiger partial charge in [0.1, 0.15) is 0 Å². The third-order valence-corrected chi connectivity index (χ3v) is 3.27. The first-order valence-electron chi connectivity index (χ1n) is 5.18. The van der Waals surface area contributed by atoms with E-state index in [1.807, 2.05) is 60.7 Å². The van der Waals surface area contributed by atoms with Gasteiger partial charge in [-0.25, -0.2) is 4.79 Å². The van der Waals surface area contributed by atoms with Crippen LogP contribution >= 0.6 is 24.1 Å². The molecule has 0 saturated heterocycles. The molecule has 92 valence electrons. The molecule has 0 heterocycles. The lowest BCUT2D eigenvalue weighted by atomic mass is 10.4. The van der Waals surface area contributed by atoms with Crippen LogP contribution in [0.3, 0.4) is 0 Å². The monoisotopic (exact) mass is 278 g/mol. The van der Waals surface area contributed by atoms with Crippen molar-refractivity contribution in [1.82, 2.24) is 0 Å². The Balaban J connectivity index is 1.73. The number of rotatable bonds is 4. The van der Waals surface area contributed by atoms with Gasteiger partial charge in [-0.2, -0.15) is 0 Å². The van der Waals surface area contributed by atoms with Gasteiger partial charge >= 0.3 is 6.16 Å². The fourth-order valence-corrected chi connectivity index (χ4v) is 2.11. The van der Waals surface area contributed by atoms with Crippen LogP contribution < -0.4 is 0 Å². The van der Waals surface area contributed by atoms with Gasteiger partial charge in [-0.05, 0) is 24.3 Å². The number of carbonyl (C=O) groups excluding carboxylic acids is 1. The van der Waals surface area contributed by atoms with E-state index in [1.165, 1.54) is 0 Å². The van der Waals surface area contributed by atoms with Crippen molar-refractivity contribution in [2.75, 3.05) is 0 Å². The van der Waals surface area contributed by atoms with Gasteiger partial charge in [0.25, 0.3) is 0 Å². The number of carbonyl (C=O) groups is 1. The van der Waals surface area contributed by atoms with E-state index in [1.54, 1.807) is 0 Å². The Morgan fingerprint density at radius 2 is 1.11 bits per heavy atom. The molecule has 0 saturated carbocycles. The van der Waals surface area contributed by atoms with Gasteiger partial charge in [-0.3, -0.25) is 0 Å². The van der Waals surface area contributed by atoms with Crippen molar-refractivity contribution in [2.24, 2.45) is 0 Å². The molecule has 0 N–H and O–H groups in total. The highest BCUT2D eigenvalue weighted by Gasteiger charge is 2.07. The molecule has 2 aromatic carbocycles. The minimum atomic E-state index is -0.724. The van der Waals surface area contributed by atoms with Gasteiger partial charge < -0.3 is 8.37 Å². The first kappa shape index (κ1) is 12.9. The van der Waals surface area contributed by atoms with Crippen LogP contribution in [0.2, 0.25) is 0 Å². The predicted octanol–water partition coefficient (Wildman–Crippen LogP) is 4.55. The normalized spacial score (nSPS) is 9.78. The number of hydrogen-bond acceptors (Lipinski definition) is 5. The third-order valence-electron chi connectivity index (χ3n) is 1.90. The zero-order valence-corrected chi connectivity index (χ0v) is 10.9. The van der Waals surface area contributed by atoms with Crippen LogP contribution in [-0.4, -0.2) is 6.16 Å². The summed E-state index contributed by atoms with van der Waals surface area (Å²) >= 11 is 1.95. The maximum Gasteiger partial charge on any atom is 0.533 e. The Labute approximate surface area is 114 Å². The van der Waals surface area contributed by atoms with Crippen molar-refractivity contribution in [3.05, 3.63) is 60.7 Å². The topological polar surface area (TPSA) is 35.5 Å². The summed E-state index contributed by atoms with van der Waals surface area (Å²) in [6.45, 7) is 0. The zero-order valence-electron chi connectivity index (χ0n) is 9.31. The molecule has 0 atom stereocenters. The van der Waals surface area contributed by atoms with Gasteiger partial charge in [0.05, 0.1) is 24.1 Å². The molecular formula is C13H10O3S2. The van der Waals surface area contributed by atoms with Gasteiger partial charge in [0.15, 0.2) is 0 Å². The first-order chi connectivity index (χ1) is 8.84. The average Bonchev–Trinajstić information content (AvgIpc) is 2.45. The van der Waals surface area contributed by atoms with Crippen molar-refractivity contribution < 1.29 is 13.2 Å². The van der Waals surface area contributed by atoms with Gasteiger partial charge in [0.2, 0.25) is 0 Å². The van der Waals surface area contributed by atoms with Crippen LogP contribution in [-0.2, 0) is 8.37 Å². The summed E-state index contributed by atoms with van der Waals surface area (Å²) in [6, 6.07) is 18.7. The molecule has 0 bridgehead atoms. The first-order valence-corrected chi connectivity index (χ1v) is 6.66. The molecule has 2 aromatic rings. The van der Waals surface area contributed by atoms with Crippen LogP contribution in [0.5, 0.6) is 0 Å². The second kappa shape index (κ2) is 6.98. The molecule has 0 unspecified atom stereocenters. The fourth-order valence-electron chi connectivity index (χ4n) is 1.13. The summed E-state index contributed by atoms with van der Waals surface area (Å²) in [5, 5.41) is 0. The van der Waals surface area contributed by atoms with E-state index in [2.05, 4.69) is 0 Å². The molecule has 18 heavy (non-hydrogen) atoms. The van der Waals surface area contributed by atoms with Gasteiger partial charge in [-0.1, -0.05) is 36.4 Å². The lowest BCUT2D eigenvalue weighted by molar-refractivity contribution is 0.168. The van der Waals surface area contributed by atoms with Crippen LogP contribution in [0.25, 0.3) is 0 Å². The van der Waals surface area contributed by atoms with Crippen LogP contribution in [0, 0.1) is 0 Å². The summed E-state index contributed by atoms with van der Waals surface area (Å²) < 4.78 is 9.77. The smallest absolute Gasteiger partial charge is 0.354 e. The highest BCUT2D eigenvalue weighted by Crippen LogP contribution is 2.23. The Morgan fingerprint density at radius 1 is 0.722 bits per heavy atom. The largest absolute Gasteiger partial charge is 0.533 e. The lowest BCUT2D eigenvalue weighted by Gasteiger charge is -2.02. The molecular weight excluding hydrogens is 268 g/mol. The number of benzene rings is 2. The highest BCUT2D eigenvalue weighted by atomic mass is 32.2. The van der Waals surface area contributed by atoms with E-state index < -0.39 is 6.16 Å². The van der Waals surface area contributed by atoms with Crippen molar-refractivity contribution in [3.8, 4) is 0 Å². The summed E-state index contributed by atoms with van der Waals surface area (Å²) in [5.41, 5.74) is 0. The average molecular weight is 278 g/mol. The lowest BCUT2D eigenvalue weighted by Crippen LogP contribution is -1.96. The zero-order chi connectivity index (χ0) is 12.6. The summed E-state index contributed by atoms with van der Waals surface area (Å²) in [5.74, 6) is 0. The minimum absolute atomic E-state index is 0.724. The van der Waals surface area contributed by atoms with E-state index in [0.717, 1.165) is 33.9 Å². The van der Waals surface area contributed by atoms with Crippen molar-refractivity contribution in [3.63, 3.8) is 0 Å². The summed E-state index contributed by atoms with van der Waals surface area (Å²) in [7, 11) is 0. The molecule has 0 spiro atoms. The second-order valence-electron chi connectivity index (χ2n) is 3.21. The van der Waals surface area contributed by atoms with Gasteiger partial charge in [-0.15, -0.1) is 0 Å².